The third-order valence-corrected chi connectivity index (χ3v) is 5.08. The van der Waals surface area contributed by atoms with E-state index in [1.54, 1.807) is 19.9 Å². The van der Waals surface area contributed by atoms with Gasteiger partial charge in [0.25, 0.3) is 0 Å². The molecule has 0 spiro atoms. The van der Waals surface area contributed by atoms with Gasteiger partial charge in [0.2, 0.25) is 11.8 Å². The van der Waals surface area contributed by atoms with Gasteiger partial charge in [0.15, 0.2) is 5.82 Å². The number of anilines is 1. The standard InChI is InChI=1S/C17H26N4O3/c1-12-11-16(19-24-12)18-17(23)7-10-20-8-3-5-14(20)15-6-4-9-21(15)13(2)22/h11,14-15H,3-10H2,1-2H3,(H,18,19,23)/t14-,15-/m0/s1. The number of aryl methyl sites for hydroxylation is 1. The molecule has 132 valence electrons. The largest absolute Gasteiger partial charge is 0.360 e. The summed E-state index contributed by atoms with van der Waals surface area (Å²) in [6.45, 7) is 6.04. The Hall–Kier alpha value is -1.89. The predicted octanol–water partition coefficient (Wildman–Crippen LogP) is 1.79. The minimum Gasteiger partial charge on any atom is -0.360 e. The van der Waals surface area contributed by atoms with Crippen LogP contribution in [0.2, 0.25) is 0 Å². The molecule has 2 amide bonds. The fraction of sp³-hybridized carbons (Fsp3) is 0.706. The van der Waals surface area contributed by atoms with E-state index in [2.05, 4.69) is 15.4 Å². The van der Waals surface area contributed by atoms with Gasteiger partial charge < -0.3 is 14.7 Å². The Kier molecular flexibility index (Phi) is 5.18. The lowest BCUT2D eigenvalue weighted by Crippen LogP contribution is -2.48. The molecule has 24 heavy (non-hydrogen) atoms. The van der Waals surface area contributed by atoms with E-state index in [4.69, 9.17) is 4.52 Å². The first-order valence-electron chi connectivity index (χ1n) is 8.79. The Balaban J connectivity index is 1.52. The van der Waals surface area contributed by atoms with Crippen LogP contribution in [0.3, 0.4) is 0 Å². The lowest BCUT2D eigenvalue weighted by molar-refractivity contribution is -0.130. The van der Waals surface area contributed by atoms with Crippen molar-refractivity contribution >= 4 is 17.6 Å². The van der Waals surface area contributed by atoms with E-state index in [-0.39, 0.29) is 11.8 Å². The summed E-state index contributed by atoms with van der Waals surface area (Å²) in [6.07, 6.45) is 4.83. The molecule has 2 fully saturated rings. The van der Waals surface area contributed by atoms with Crippen molar-refractivity contribution in [1.82, 2.24) is 15.0 Å². The normalized spacial score (nSPS) is 24.5. The second kappa shape index (κ2) is 7.34. The van der Waals surface area contributed by atoms with Crippen LogP contribution in [0.4, 0.5) is 5.82 Å². The van der Waals surface area contributed by atoms with Gasteiger partial charge in [-0.15, -0.1) is 0 Å². The van der Waals surface area contributed by atoms with E-state index in [1.165, 1.54) is 0 Å². The maximum atomic E-state index is 12.1. The van der Waals surface area contributed by atoms with Crippen LogP contribution >= 0.6 is 0 Å². The van der Waals surface area contributed by atoms with Crippen molar-refractivity contribution < 1.29 is 14.1 Å². The van der Waals surface area contributed by atoms with Crippen LogP contribution in [0.5, 0.6) is 0 Å². The lowest BCUT2D eigenvalue weighted by Gasteiger charge is -2.34. The Bertz CT molecular complexity index is 600. The third-order valence-electron chi connectivity index (χ3n) is 5.08. The molecule has 2 saturated heterocycles. The molecule has 0 saturated carbocycles. The number of nitrogens with zero attached hydrogens (tertiary/aromatic N) is 3. The van der Waals surface area contributed by atoms with E-state index in [0.717, 1.165) is 45.3 Å². The van der Waals surface area contributed by atoms with Gasteiger partial charge in [-0.05, 0) is 39.2 Å². The van der Waals surface area contributed by atoms with Crippen molar-refractivity contribution in [3.63, 3.8) is 0 Å². The van der Waals surface area contributed by atoms with Crippen molar-refractivity contribution in [3.05, 3.63) is 11.8 Å². The molecule has 0 aromatic carbocycles. The summed E-state index contributed by atoms with van der Waals surface area (Å²) in [4.78, 5) is 28.3. The molecule has 3 heterocycles. The molecule has 0 radical (unpaired) electrons. The predicted molar refractivity (Wildman–Crippen MR) is 89.5 cm³/mol. The topological polar surface area (TPSA) is 78.7 Å². The Morgan fingerprint density at radius 2 is 2.04 bits per heavy atom. The van der Waals surface area contributed by atoms with Gasteiger partial charge in [-0.2, -0.15) is 0 Å². The zero-order valence-corrected chi connectivity index (χ0v) is 14.5. The molecule has 1 N–H and O–H groups in total. The summed E-state index contributed by atoms with van der Waals surface area (Å²) in [5.74, 6) is 1.26. The molecular weight excluding hydrogens is 308 g/mol. The van der Waals surface area contributed by atoms with Crippen LogP contribution in [0.15, 0.2) is 10.6 Å². The second-order valence-corrected chi connectivity index (χ2v) is 6.79. The Morgan fingerprint density at radius 3 is 2.75 bits per heavy atom. The highest BCUT2D eigenvalue weighted by molar-refractivity contribution is 5.89. The first-order valence-corrected chi connectivity index (χ1v) is 8.79. The summed E-state index contributed by atoms with van der Waals surface area (Å²) in [5, 5.41) is 6.54. The molecule has 3 rings (SSSR count). The van der Waals surface area contributed by atoms with Gasteiger partial charge in [0, 0.05) is 44.6 Å². The number of likely N-dealkylation sites (tertiary alicyclic amines) is 2. The van der Waals surface area contributed by atoms with E-state index in [0.29, 0.717) is 30.1 Å². The van der Waals surface area contributed by atoms with Crippen molar-refractivity contribution in [1.29, 1.82) is 0 Å². The van der Waals surface area contributed by atoms with Crippen molar-refractivity contribution in [2.45, 2.75) is 58.0 Å². The first kappa shape index (κ1) is 17.0. The minimum atomic E-state index is -0.0520. The quantitative estimate of drug-likeness (QED) is 0.888. The summed E-state index contributed by atoms with van der Waals surface area (Å²) < 4.78 is 4.95. The van der Waals surface area contributed by atoms with E-state index in [9.17, 15) is 9.59 Å². The fourth-order valence-electron chi connectivity index (χ4n) is 4.02. The molecule has 2 aliphatic heterocycles. The SMILES string of the molecule is CC(=O)N1CCC[C@H]1[C@@H]1CCCN1CCC(=O)Nc1cc(C)on1. The summed E-state index contributed by atoms with van der Waals surface area (Å²) in [7, 11) is 0. The molecule has 1 aromatic rings. The Labute approximate surface area is 142 Å². The van der Waals surface area contributed by atoms with E-state index >= 15 is 0 Å². The van der Waals surface area contributed by atoms with Gasteiger partial charge in [-0.25, -0.2) is 0 Å². The average molecular weight is 334 g/mol. The molecule has 2 atom stereocenters. The number of hydrogen-bond acceptors (Lipinski definition) is 5. The van der Waals surface area contributed by atoms with Gasteiger partial charge in [-0.3, -0.25) is 14.5 Å². The third kappa shape index (κ3) is 3.77. The Morgan fingerprint density at radius 1 is 1.29 bits per heavy atom. The average Bonchev–Trinajstić information content (AvgIpc) is 3.24. The molecule has 0 bridgehead atoms. The monoisotopic (exact) mass is 334 g/mol. The summed E-state index contributed by atoms with van der Waals surface area (Å²) in [6, 6.07) is 2.41. The number of carbonyl (C=O) groups is 2. The molecule has 1 aromatic heterocycles. The molecule has 7 heteroatoms. The lowest BCUT2D eigenvalue weighted by atomic mass is 10.0. The number of carbonyl (C=O) groups excluding carboxylic acids is 2. The first-order chi connectivity index (χ1) is 11.5. The van der Waals surface area contributed by atoms with Gasteiger partial charge in [0.05, 0.1) is 0 Å². The van der Waals surface area contributed by atoms with Crippen LogP contribution in [-0.4, -0.2) is 58.5 Å². The van der Waals surface area contributed by atoms with Crippen molar-refractivity contribution in [2.24, 2.45) is 0 Å². The molecule has 7 nitrogen and oxygen atoms in total. The molecule has 0 aliphatic carbocycles. The summed E-state index contributed by atoms with van der Waals surface area (Å²) in [5.41, 5.74) is 0. The molecule has 0 unspecified atom stereocenters. The van der Waals surface area contributed by atoms with Crippen molar-refractivity contribution in [3.8, 4) is 0 Å². The number of hydrogen-bond donors (Lipinski definition) is 1. The number of amides is 2. The number of aromatic nitrogens is 1. The smallest absolute Gasteiger partial charge is 0.226 e. The fourth-order valence-corrected chi connectivity index (χ4v) is 4.02. The van der Waals surface area contributed by atoms with Gasteiger partial charge in [-0.1, -0.05) is 5.16 Å². The highest BCUT2D eigenvalue weighted by Gasteiger charge is 2.38. The van der Waals surface area contributed by atoms with E-state index in [1.807, 2.05) is 4.90 Å². The number of rotatable bonds is 5. The number of nitrogens with one attached hydrogen (secondary N) is 1. The highest BCUT2D eigenvalue weighted by Crippen LogP contribution is 2.30. The van der Waals surface area contributed by atoms with Crippen LogP contribution in [0.1, 0.15) is 44.8 Å². The van der Waals surface area contributed by atoms with Crippen LogP contribution < -0.4 is 5.32 Å². The zero-order chi connectivity index (χ0) is 17.1. The van der Waals surface area contributed by atoms with Gasteiger partial charge in [0.1, 0.15) is 5.76 Å². The van der Waals surface area contributed by atoms with Gasteiger partial charge >= 0.3 is 0 Å². The zero-order valence-electron chi connectivity index (χ0n) is 14.5. The van der Waals surface area contributed by atoms with Crippen LogP contribution in [0, 0.1) is 6.92 Å². The molecular formula is C17H26N4O3. The van der Waals surface area contributed by atoms with Crippen LogP contribution in [0.25, 0.3) is 0 Å². The van der Waals surface area contributed by atoms with E-state index < -0.39 is 0 Å². The minimum absolute atomic E-state index is 0.0520. The maximum absolute atomic E-state index is 12.1. The van der Waals surface area contributed by atoms with Crippen molar-refractivity contribution in [2.75, 3.05) is 25.0 Å². The van der Waals surface area contributed by atoms with Crippen LogP contribution in [-0.2, 0) is 9.59 Å². The second-order valence-electron chi connectivity index (χ2n) is 6.79. The highest BCUT2D eigenvalue weighted by atomic mass is 16.5. The maximum Gasteiger partial charge on any atom is 0.226 e. The summed E-state index contributed by atoms with van der Waals surface area (Å²) >= 11 is 0. The molecule has 2 aliphatic rings.